The maximum atomic E-state index is 5.97. The zero-order valence-corrected chi connectivity index (χ0v) is 14.4. The quantitative estimate of drug-likeness (QED) is 0.777. The lowest BCUT2D eigenvalue weighted by Crippen LogP contribution is -2.12. The first-order chi connectivity index (χ1) is 9.38. The van der Waals surface area contributed by atoms with Crippen LogP contribution in [0.5, 0.6) is 0 Å². The average molecular weight is 354 g/mol. The summed E-state index contributed by atoms with van der Waals surface area (Å²) in [6.45, 7) is 8.36. The second-order valence-electron chi connectivity index (χ2n) is 5.07. The molecule has 0 amide bonds. The van der Waals surface area contributed by atoms with Gasteiger partial charge in [-0.3, -0.25) is 4.98 Å². The molecule has 0 spiro atoms. The monoisotopic (exact) mass is 352 g/mol. The SMILES string of the molecule is Cc1cc(C)c(C(C)Nc2ccc(Cl)cc2Br)c(C)n1. The van der Waals surface area contributed by atoms with E-state index < -0.39 is 0 Å². The molecule has 1 heterocycles. The van der Waals surface area contributed by atoms with Crippen LogP contribution in [0.15, 0.2) is 28.7 Å². The molecule has 2 aromatic rings. The van der Waals surface area contributed by atoms with E-state index in [9.17, 15) is 0 Å². The highest BCUT2D eigenvalue weighted by molar-refractivity contribution is 9.10. The Hall–Kier alpha value is -1.06. The van der Waals surface area contributed by atoms with E-state index in [1.807, 2.05) is 25.1 Å². The third kappa shape index (κ3) is 3.33. The Morgan fingerprint density at radius 1 is 1.20 bits per heavy atom. The van der Waals surface area contributed by atoms with E-state index in [1.54, 1.807) is 0 Å². The lowest BCUT2D eigenvalue weighted by Gasteiger charge is -2.21. The number of hydrogen-bond donors (Lipinski definition) is 1. The fourth-order valence-electron chi connectivity index (χ4n) is 2.60. The molecule has 20 heavy (non-hydrogen) atoms. The molecule has 0 aliphatic heterocycles. The van der Waals surface area contributed by atoms with Crippen LogP contribution in [0.3, 0.4) is 0 Å². The molecule has 0 aliphatic rings. The molecular formula is C16H18BrClN2. The van der Waals surface area contributed by atoms with E-state index >= 15 is 0 Å². The summed E-state index contributed by atoms with van der Waals surface area (Å²) in [4.78, 5) is 4.56. The van der Waals surface area contributed by atoms with Crippen LogP contribution >= 0.6 is 27.5 Å². The van der Waals surface area contributed by atoms with Crippen LogP contribution in [0.1, 0.15) is 35.5 Å². The number of hydrogen-bond acceptors (Lipinski definition) is 2. The molecule has 2 rings (SSSR count). The number of anilines is 1. The molecule has 0 bridgehead atoms. The fourth-order valence-corrected chi connectivity index (χ4v) is 3.40. The van der Waals surface area contributed by atoms with Crippen molar-refractivity contribution in [1.82, 2.24) is 4.98 Å². The van der Waals surface area contributed by atoms with E-state index in [0.29, 0.717) is 0 Å². The van der Waals surface area contributed by atoms with Crippen molar-refractivity contribution in [2.24, 2.45) is 0 Å². The second-order valence-corrected chi connectivity index (χ2v) is 6.36. The molecule has 0 saturated heterocycles. The van der Waals surface area contributed by atoms with Gasteiger partial charge in [0.05, 0.1) is 6.04 Å². The first kappa shape index (κ1) is 15.3. The normalized spacial score (nSPS) is 12.3. The molecule has 1 aromatic heterocycles. The van der Waals surface area contributed by atoms with Crippen molar-refractivity contribution in [3.8, 4) is 0 Å². The molecular weight excluding hydrogens is 336 g/mol. The van der Waals surface area contributed by atoms with Gasteiger partial charge in [-0.15, -0.1) is 0 Å². The number of aromatic nitrogens is 1. The van der Waals surface area contributed by atoms with Gasteiger partial charge >= 0.3 is 0 Å². The van der Waals surface area contributed by atoms with Crippen molar-refractivity contribution in [2.75, 3.05) is 5.32 Å². The summed E-state index contributed by atoms with van der Waals surface area (Å²) < 4.78 is 0.965. The maximum absolute atomic E-state index is 5.97. The highest BCUT2D eigenvalue weighted by Gasteiger charge is 2.14. The van der Waals surface area contributed by atoms with Gasteiger partial charge in [0.15, 0.2) is 0 Å². The molecule has 0 saturated carbocycles. The molecule has 0 radical (unpaired) electrons. The van der Waals surface area contributed by atoms with Crippen LogP contribution in [-0.2, 0) is 0 Å². The average Bonchev–Trinajstić information content (AvgIpc) is 2.31. The summed E-state index contributed by atoms with van der Waals surface area (Å²) >= 11 is 9.50. The van der Waals surface area contributed by atoms with Crippen molar-refractivity contribution < 1.29 is 0 Å². The summed E-state index contributed by atoms with van der Waals surface area (Å²) in [5, 5.41) is 4.23. The molecule has 1 N–H and O–H groups in total. The van der Waals surface area contributed by atoms with Crippen molar-refractivity contribution in [3.63, 3.8) is 0 Å². The standard InChI is InChI=1S/C16H18BrClN2/c1-9-7-10(2)19-11(3)16(9)12(4)20-15-6-5-13(18)8-14(15)17/h5-8,12,20H,1-4H3. The molecule has 0 aliphatic carbocycles. The predicted molar refractivity (Wildman–Crippen MR) is 89.6 cm³/mol. The molecule has 106 valence electrons. The second kappa shape index (κ2) is 6.15. The molecule has 1 atom stereocenters. The van der Waals surface area contributed by atoms with Crippen LogP contribution < -0.4 is 5.32 Å². The largest absolute Gasteiger partial charge is 0.378 e. The first-order valence-corrected chi connectivity index (χ1v) is 7.72. The van der Waals surface area contributed by atoms with Crippen molar-refractivity contribution in [1.29, 1.82) is 0 Å². The topological polar surface area (TPSA) is 24.9 Å². The van der Waals surface area contributed by atoms with Crippen LogP contribution in [0, 0.1) is 20.8 Å². The minimum absolute atomic E-state index is 0.181. The summed E-state index contributed by atoms with van der Waals surface area (Å²) in [5.74, 6) is 0. The predicted octanol–water partition coefficient (Wildman–Crippen LogP) is 5.60. The van der Waals surface area contributed by atoms with E-state index in [4.69, 9.17) is 11.6 Å². The number of nitrogens with zero attached hydrogens (tertiary/aromatic N) is 1. The van der Waals surface area contributed by atoms with Crippen LogP contribution in [0.4, 0.5) is 5.69 Å². The van der Waals surface area contributed by atoms with E-state index in [0.717, 1.165) is 26.6 Å². The molecule has 0 fully saturated rings. The van der Waals surface area contributed by atoms with Gasteiger partial charge in [-0.05, 0) is 79.0 Å². The van der Waals surface area contributed by atoms with Gasteiger partial charge in [0.2, 0.25) is 0 Å². The van der Waals surface area contributed by atoms with E-state index in [1.165, 1.54) is 11.1 Å². The number of nitrogens with one attached hydrogen (secondary N) is 1. The van der Waals surface area contributed by atoms with Gasteiger partial charge in [0.1, 0.15) is 0 Å². The molecule has 1 aromatic carbocycles. The zero-order chi connectivity index (χ0) is 14.9. The lowest BCUT2D eigenvalue weighted by molar-refractivity contribution is 0.842. The van der Waals surface area contributed by atoms with Gasteiger partial charge in [-0.2, -0.15) is 0 Å². The summed E-state index contributed by atoms with van der Waals surface area (Å²) in [5.41, 5.74) is 5.68. The highest BCUT2D eigenvalue weighted by Crippen LogP contribution is 2.30. The van der Waals surface area contributed by atoms with Crippen LogP contribution in [0.25, 0.3) is 0 Å². The summed E-state index contributed by atoms with van der Waals surface area (Å²) in [6.07, 6.45) is 0. The van der Waals surface area contributed by atoms with E-state index in [-0.39, 0.29) is 6.04 Å². The van der Waals surface area contributed by atoms with Crippen LogP contribution in [0.2, 0.25) is 5.02 Å². The van der Waals surface area contributed by atoms with Gasteiger partial charge in [-0.1, -0.05) is 11.6 Å². The van der Waals surface area contributed by atoms with Crippen molar-refractivity contribution in [2.45, 2.75) is 33.7 Å². The van der Waals surface area contributed by atoms with Crippen LogP contribution in [-0.4, -0.2) is 4.98 Å². The Morgan fingerprint density at radius 2 is 1.90 bits per heavy atom. The number of halogens is 2. The highest BCUT2D eigenvalue weighted by atomic mass is 79.9. The number of aryl methyl sites for hydroxylation is 3. The minimum atomic E-state index is 0.181. The third-order valence-corrected chi connectivity index (χ3v) is 4.21. The Balaban J connectivity index is 2.31. The van der Waals surface area contributed by atoms with Crippen molar-refractivity contribution in [3.05, 3.63) is 56.3 Å². The number of pyridine rings is 1. The Morgan fingerprint density at radius 3 is 2.50 bits per heavy atom. The minimum Gasteiger partial charge on any atom is -0.378 e. The van der Waals surface area contributed by atoms with E-state index in [2.05, 4.69) is 53.1 Å². The lowest BCUT2D eigenvalue weighted by atomic mass is 10.00. The molecule has 1 unspecified atom stereocenters. The summed E-state index contributed by atoms with van der Waals surface area (Å²) in [7, 11) is 0. The Bertz CT molecular complexity index is 617. The summed E-state index contributed by atoms with van der Waals surface area (Å²) in [6, 6.07) is 8.06. The Kier molecular flexibility index (Phi) is 4.71. The van der Waals surface area contributed by atoms with Gasteiger partial charge < -0.3 is 5.32 Å². The smallest absolute Gasteiger partial charge is 0.0506 e. The van der Waals surface area contributed by atoms with Gasteiger partial charge in [0.25, 0.3) is 0 Å². The first-order valence-electron chi connectivity index (χ1n) is 6.55. The fraction of sp³-hybridized carbons (Fsp3) is 0.312. The Labute approximate surface area is 133 Å². The zero-order valence-electron chi connectivity index (χ0n) is 12.1. The number of benzene rings is 1. The molecule has 4 heteroatoms. The van der Waals surface area contributed by atoms with Crippen molar-refractivity contribution >= 4 is 33.2 Å². The van der Waals surface area contributed by atoms with Gasteiger partial charge in [0, 0.05) is 26.6 Å². The maximum Gasteiger partial charge on any atom is 0.0506 e. The third-order valence-electron chi connectivity index (χ3n) is 3.32. The number of rotatable bonds is 3. The molecule has 2 nitrogen and oxygen atoms in total. The van der Waals surface area contributed by atoms with Gasteiger partial charge in [-0.25, -0.2) is 0 Å².